The van der Waals surface area contributed by atoms with Gasteiger partial charge in [0.2, 0.25) is 0 Å². The van der Waals surface area contributed by atoms with Crippen molar-refractivity contribution in [2.24, 2.45) is 0 Å². The van der Waals surface area contributed by atoms with Crippen LogP contribution in [-0.4, -0.2) is 68.2 Å². The van der Waals surface area contributed by atoms with Gasteiger partial charge < -0.3 is 10.2 Å². The van der Waals surface area contributed by atoms with E-state index in [-0.39, 0.29) is 13.2 Å². The summed E-state index contributed by atoms with van der Waals surface area (Å²) in [5.41, 5.74) is 0. The van der Waals surface area contributed by atoms with Gasteiger partial charge in [-0.2, -0.15) is 0 Å². The molecule has 0 bridgehead atoms. The molecular weight excluding hydrogens is 186 g/mol. The molecule has 0 aromatic carbocycles. The molecule has 0 aliphatic heterocycles. The highest BCUT2D eigenvalue weighted by Gasteiger charge is 2.03. The fourth-order valence-corrected chi connectivity index (χ4v) is 1.14. The second-order valence-electron chi connectivity index (χ2n) is 2.86. The lowest BCUT2D eigenvalue weighted by atomic mass is 10.4. The first kappa shape index (κ1) is 11.0. The van der Waals surface area contributed by atoms with Gasteiger partial charge in [-0.25, -0.2) is 4.68 Å². The fourth-order valence-electron chi connectivity index (χ4n) is 1.14. The van der Waals surface area contributed by atoms with Gasteiger partial charge in [0.25, 0.3) is 0 Å². The Kier molecular flexibility index (Phi) is 5.05. The molecule has 14 heavy (non-hydrogen) atoms. The summed E-state index contributed by atoms with van der Waals surface area (Å²) in [4.78, 5) is 1.95. The van der Waals surface area contributed by atoms with Crippen molar-refractivity contribution in [2.45, 2.75) is 6.54 Å². The summed E-state index contributed by atoms with van der Waals surface area (Å²) < 4.78 is 1.61. The molecule has 0 saturated heterocycles. The molecule has 7 nitrogen and oxygen atoms in total. The molecule has 1 aromatic rings. The molecule has 0 aliphatic rings. The van der Waals surface area contributed by atoms with E-state index in [0.717, 1.165) is 0 Å². The Morgan fingerprint density at radius 1 is 1.14 bits per heavy atom. The first-order valence-electron chi connectivity index (χ1n) is 4.51. The Labute approximate surface area is 82.0 Å². The van der Waals surface area contributed by atoms with Crippen molar-refractivity contribution in [1.29, 1.82) is 0 Å². The van der Waals surface area contributed by atoms with Crippen LogP contribution >= 0.6 is 0 Å². The van der Waals surface area contributed by atoms with Crippen LogP contribution in [0.2, 0.25) is 0 Å². The third kappa shape index (κ3) is 3.77. The Hall–Kier alpha value is -1.05. The minimum Gasteiger partial charge on any atom is -0.395 e. The molecule has 0 atom stereocenters. The lowest BCUT2D eigenvalue weighted by Gasteiger charge is -2.19. The van der Waals surface area contributed by atoms with Crippen LogP contribution in [0.1, 0.15) is 0 Å². The van der Waals surface area contributed by atoms with Gasteiger partial charge in [0, 0.05) is 19.6 Å². The first-order chi connectivity index (χ1) is 6.86. The van der Waals surface area contributed by atoms with Gasteiger partial charge in [-0.15, -0.1) is 5.10 Å². The van der Waals surface area contributed by atoms with Gasteiger partial charge in [-0.1, -0.05) is 0 Å². The fraction of sp³-hybridized carbons (Fsp3) is 0.857. The van der Waals surface area contributed by atoms with Crippen LogP contribution in [0.25, 0.3) is 0 Å². The van der Waals surface area contributed by atoms with E-state index in [1.807, 2.05) is 4.90 Å². The van der Waals surface area contributed by atoms with E-state index in [2.05, 4.69) is 15.5 Å². The van der Waals surface area contributed by atoms with Crippen LogP contribution < -0.4 is 0 Å². The summed E-state index contributed by atoms with van der Waals surface area (Å²) >= 11 is 0. The van der Waals surface area contributed by atoms with Gasteiger partial charge in [0.15, 0.2) is 0 Å². The van der Waals surface area contributed by atoms with Crippen molar-refractivity contribution in [3.63, 3.8) is 0 Å². The van der Waals surface area contributed by atoms with Crippen molar-refractivity contribution in [3.05, 3.63) is 6.33 Å². The second kappa shape index (κ2) is 6.41. The van der Waals surface area contributed by atoms with Gasteiger partial charge >= 0.3 is 0 Å². The molecule has 0 amide bonds. The molecule has 0 fully saturated rings. The summed E-state index contributed by atoms with van der Waals surface area (Å²) in [7, 11) is 0. The third-order valence-corrected chi connectivity index (χ3v) is 1.87. The number of rotatable bonds is 7. The Bertz CT molecular complexity index is 222. The smallest absolute Gasteiger partial charge is 0.138 e. The lowest BCUT2D eigenvalue weighted by molar-refractivity contribution is 0.156. The van der Waals surface area contributed by atoms with Crippen LogP contribution in [0.3, 0.4) is 0 Å². The van der Waals surface area contributed by atoms with Crippen molar-refractivity contribution < 1.29 is 10.2 Å². The summed E-state index contributed by atoms with van der Waals surface area (Å²) in [6.45, 7) is 2.68. The molecule has 1 aromatic heterocycles. The number of aliphatic hydroxyl groups is 2. The number of aromatic nitrogens is 4. The Balaban J connectivity index is 2.25. The van der Waals surface area contributed by atoms with Crippen molar-refractivity contribution in [3.8, 4) is 0 Å². The average molecular weight is 201 g/mol. The Morgan fingerprint density at radius 2 is 1.86 bits per heavy atom. The maximum atomic E-state index is 8.75. The van der Waals surface area contributed by atoms with E-state index < -0.39 is 0 Å². The summed E-state index contributed by atoms with van der Waals surface area (Å²) in [5, 5.41) is 28.2. The van der Waals surface area contributed by atoms with E-state index in [1.54, 1.807) is 4.68 Å². The normalized spacial score (nSPS) is 11.1. The van der Waals surface area contributed by atoms with Crippen LogP contribution in [-0.2, 0) is 6.54 Å². The highest BCUT2D eigenvalue weighted by atomic mass is 16.3. The van der Waals surface area contributed by atoms with Crippen LogP contribution in [0.15, 0.2) is 6.33 Å². The molecule has 80 valence electrons. The molecule has 0 spiro atoms. The quantitative estimate of drug-likeness (QED) is 0.528. The number of tetrazole rings is 1. The van der Waals surface area contributed by atoms with E-state index in [4.69, 9.17) is 10.2 Å². The summed E-state index contributed by atoms with van der Waals surface area (Å²) in [6, 6.07) is 0. The minimum atomic E-state index is 0.0929. The predicted octanol–water partition coefficient (Wildman–Crippen LogP) is -2.04. The first-order valence-corrected chi connectivity index (χ1v) is 4.51. The summed E-state index contributed by atoms with van der Waals surface area (Å²) in [6.07, 6.45) is 1.54. The zero-order valence-electron chi connectivity index (χ0n) is 7.95. The molecule has 0 saturated carbocycles. The largest absolute Gasteiger partial charge is 0.395 e. The molecule has 2 N–H and O–H groups in total. The molecule has 0 radical (unpaired) electrons. The van der Waals surface area contributed by atoms with Crippen molar-refractivity contribution in [2.75, 3.05) is 32.8 Å². The zero-order valence-corrected chi connectivity index (χ0v) is 7.95. The van der Waals surface area contributed by atoms with E-state index in [1.165, 1.54) is 6.33 Å². The monoisotopic (exact) mass is 201 g/mol. The maximum Gasteiger partial charge on any atom is 0.138 e. The lowest BCUT2D eigenvalue weighted by Crippen LogP contribution is -2.32. The van der Waals surface area contributed by atoms with Gasteiger partial charge in [-0.3, -0.25) is 4.90 Å². The van der Waals surface area contributed by atoms with Gasteiger partial charge in [0.05, 0.1) is 19.8 Å². The van der Waals surface area contributed by atoms with Gasteiger partial charge in [0.1, 0.15) is 6.33 Å². The molecule has 1 rings (SSSR count). The maximum absolute atomic E-state index is 8.75. The Morgan fingerprint density at radius 3 is 2.36 bits per heavy atom. The van der Waals surface area contributed by atoms with Crippen LogP contribution in [0.4, 0.5) is 0 Å². The van der Waals surface area contributed by atoms with Crippen LogP contribution in [0, 0.1) is 0 Å². The molecular formula is C7H15N5O2. The molecule has 0 aliphatic carbocycles. The molecule has 0 unspecified atom stereocenters. The van der Waals surface area contributed by atoms with E-state index >= 15 is 0 Å². The van der Waals surface area contributed by atoms with E-state index in [0.29, 0.717) is 26.2 Å². The molecule has 7 heteroatoms. The standard InChI is InChI=1S/C7H15N5O2/c13-5-3-11(4-6-14)1-2-12-7-8-9-10-12/h7,13-14H,1-6H2. The SMILES string of the molecule is OCCN(CCO)CCn1cnnn1. The predicted molar refractivity (Wildman–Crippen MR) is 48.4 cm³/mol. The van der Waals surface area contributed by atoms with Gasteiger partial charge in [-0.05, 0) is 10.4 Å². The number of aliphatic hydroxyl groups excluding tert-OH is 2. The minimum absolute atomic E-state index is 0.0929. The highest BCUT2D eigenvalue weighted by molar-refractivity contribution is 4.57. The van der Waals surface area contributed by atoms with Crippen LogP contribution in [0.5, 0.6) is 0 Å². The third-order valence-electron chi connectivity index (χ3n) is 1.87. The van der Waals surface area contributed by atoms with Crippen molar-refractivity contribution >= 4 is 0 Å². The topological polar surface area (TPSA) is 87.3 Å². The van der Waals surface area contributed by atoms with E-state index in [9.17, 15) is 0 Å². The van der Waals surface area contributed by atoms with Crippen molar-refractivity contribution in [1.82, 2.24) is 25.1 Å². The molecule has 1 heterocycles. The second-order valence-corrected chi connectivity index (χ2v) is 2.86. The highest BCUT2D eigenvalue weighted by Crippen LogP contribution is 1.88. The summed E-state index contributed by atoms with van der Waals surface area (Å²) in [5.74, 6) is 0. The zero-order chi connectivity index (χ0) is 10.2. The number of nitrogens with zero attached hydrogens (tertiary/aromatic N) is 5. The number of hydrogen-bond donors (Lipinski definition) is 2. The average Bonchev–Trinajstić information content (AvgIpc) is 2.67. The number of hydrogen-bond acceptors (Lipinski definition) is 6.